The number of rotatable bonds is 13. The summed E-state index contributed by atoms with van der Waals surface area (Å²) in [6, 6.07) is 15.4. The van der Waals surface area contributed by atoms with Crippen LogP contribution in [-0.4, -0.2) is 6.61 Å². The van der Waals surface area contributed by atoms with Gasteiger partial charge in [-0.25, -0.2) is 0 Å². The van der Waals surface area contributed by atoms with Crippen LogP contribution < -0.4 is 4.74 Å². The minimum absolute atomic E-state index is 0.169. The maximum absolute atomic E-state index is 6.36. The molecule has 0 aromatic heterocycles. The maximum Gasteiger partial charge on any atom is 0.133 e. The number of benzene rings is 2. The highest BCUT2D eigenvalue weighted by Crippen LogP contribution is 2.42. The molecule has 1 saturated heterocycles. The van der Waals surface area contributed by atoms with E-state index in [0.717, 1.165) is 18.1 Å². The number of hydrogen-bond acceptors (Lipinski definition) is 2. The first kappa shape index (κ1) is 24.8. The number of hydrogen-bond donors (Lipinski definition) is 0. The summed E-state index contributed by atoms with van der Waals surface area (Å²) in [5, 5.41) is 0. The predicted octanol–water partition coefficient (Wildman–Crippen LogP) is 9.27. The van der Waals surface area contributed by atoms with Crippen molar-refractivity contribution >= 4 is 0 Å². The van der Waals surface area contributed by atoms with Gasteiger partial charge in [0, 0.05) is 5.56 Å². The first-order valence-electron chi connectivity index (χ1n) is 12.8. The van der Waals surface area contributed by atoms with E-state index in [-0.39, 0.29) is 16.9 Å². The van der Waals surface area contributed by atoms with E-state index in [1.54, 1.807) is 0 Å². The van der Waals surface area contributed by atoms with Gasteiger partial charge in [0.05, 0.1) is 6.61 Å². The second-order valence-corrected chi connectivity index (χ2v) is 10.9. The molecule has 2 nitrogen and oxygen atoms in total. The van der Waals surface area contributed by atoms with Crippen molar-refractivity contribution in [2.75, 3.05) is 6.61 Å². The molecule has 1 unspecified atom stereocenters. The van der Waals surface area contributed by atoms with Crippen molar-refractivity contribution in [3.8, 4) is 11.5 Å². The summed E-state index contributed by atoms with van der Waals surface area (Å²) in [7, 11) is 0. The molecule has 0 N–H and O–H groups in total. The van der Waals surface area contributed by atoms with Crippen molar-refractivity contribution in [3.63, 3.8) is 0 Å². The molecule has 0 amide bonds. The minimum atomic E-state index is 0.169. The van der Waals surface area contributed by atoms with E-state index in [4.69, 9.17) is 9.47 Å². The van der Waals surface area contributed by atoms with E-state index in [1.807, 2.05) is 0 Å². The van der Waals surface area contributed by atoms with E-state index >= 15 is 0 Å². The molecule has 176 valence electrons. The summed E-state index contributed by atoms with van der Waals surface area (Å²) in [5.74, 6) is 1.82. The van der Waals surface area contributed by atoms with Gasteiger partial charge >= 0.3 is 0 Å². The van der Waals surface area contributed by atoms with Crippen LogP contribution in [0.3, 0.4) is 0 Å². The average molecular weight is 437 g/mol. The van der Waals surface area contributed by atoms with Crippen LogP contribution >= 0.6 is 0 Å². The molecule has 1 heterocycles. The fourth-order valence-corrected chi connectivity index (χ4v) is 4.57. The van der Waals surface area contributed by atoms with Gasteiger partial charge in [0.1, 0.15) is 17.6 Å². The topological polar surface area (TPSA) is 21.8 Å². The SMILES string of the molecule is CCCCCC(C)(C)c1ccc(Oc2ccc(C(C)(C)CCCCC)cc2C2CO2)cc1. The first-order chi connectivity index (χ1) is 15.3. The molecule has 1 aliphatic heterocycles. The fraction of sp³-hybridized carbons (Fsp3) is 0.600. The minimum Gasteiger partial charge on any atom is -0.457 e. The Morgan fingerprint density at radius 1 is 0.781 bits per heavy atom. The molecular weight excluding hydrogens is 392 g/mol. The van der Waals surface area contributed by atoms with Crippen molar-refractivity contribution in [2.24, 2.45) is 0 Å². The van der Waals surface area contributed by atoms with E-state index in [0.29, 0.717) is 0 Å². The Hall–Kier alpha value is -1.80. The Kier molecular flexibility index (Phi) is 8.44. The Morgan fingerprint density at radius 2 is 1.31 bits per heavy atom. The van der Waals surface area contributed by atoms with Crippen molar-refractivity contribution in [1.29, 1.82) is 0 Å². The Balaban J connectivity index is 1.73. The lowest BCUT2D eigenvalue weighted by molar-refractivity contribution is 0.401. The fourth-order valence-electron chi connectivity index (χ4n) is 4.57. The molecule has 0 aliphatic carbocycles. The van der Waals surface area contributed by atoms with Gasteiger partial charge in [-0.2, -0.15) is 0 Å². The van der Waals surface area contributed by atoms with Crippen molar-refractivity contribution < 1.29 is 9.47 Å². The monoisotopic (exact) mass is 436 g/mol. The van der Waals surface area contributed by atoms with Crippen molar-refractivity contribution in [3.05, 3.63) is 59.2 Å². The standard InChI is InChI=1S/C30H44O2/c1-7-9-11-19-29(3,4)23-13-16-25(17-14-23)32-27-18-15-24(21-26(27)28-22-31-28)30(5,6)20-12-10-8-2/h13-18,21,28H,7-12,19-20,22H2,1-6H3. The van der Waals surface area contributed by atoms with E-state index < -0.39 is 0 Å². The van der Waals surface area contributed by atoms with Crippen LogP contribution in [0.5, 0.6) is 11.5 Å². The zero-order valence-electron chi connectivity index (χ0n) is 21.3. The normalized spacial score (nSPS) is 16.2. The van der Waals surface area contributed by atoms with Gasteiger partial charge in [0.2, 0.25) is 0 Å². The highest BCUT2D eigenvalue weighted by atomic mass is 16.6. The van der Waals surface area contributed by atoms with Crippen LogP contribution in [0.1, 0.15) is 116 Å². The molecule has 1 fully saturated rings. The third-order valence-corrected chi connectivity index (χ3v) is 7.15. The molecular formula is C30H44O2. The van der Waals surface area contributed by atoms with Crippen LogP contribution in [0.15, 0.2) is 42.5 Å². The van der Waals surface area contributed by atoms with Gasteiger partial charge in [0.15, 0.2) is 0 Å². The van der Waals surface area contributed by atoms with Gasteiger partial charge < -0.3 is 9.47 Å². The van der Waals surface area contributed by atoms with Crippen LogP contribution in [-0.2, 0) is 15.6 Å². The second-order valence-electron chi connectivity index (χ2n) is 10.9. The summed E-state index contributed by atoms with van der Waals surface area (Å²) < 4.78 is 12.0. The van der Waals surface area contributed by atoms with Crippen molar-refractivity contribution in [1.82, 2.24) is 0 Å². The molecule has 1 aliphatic rings. The van der Waals surface area contributed by atoms with Gasteiger partial charge in [-0.05, 0) is 59.1 Å². The van der Waals surface area contributed by atoms with Crippen LogP contribution in [0, 0.1) is 0 Å². The predicted molar refractivity (Wildman–Crippen MR) is 136 cm³/mol. The van der Waals surface area contributed by atoms with Crippen LogP contribution in [0.25, 0.3) is 0 Å². The quantitative estimate of drug-likeness (QED) is 0.230. The van der Waals surface area contributed by atoms with Crippen LogP contribution in [0.4, 0.5) is 0 Å². The Bertz CT molecular complexity index is 844. The molecule has 0 spiro atoms. The van der Waals surface area contributed by atoms with E-state index in [1.165, 1.54) is 68.1 Å². The molecule has 2 aromatic rings. The largest absolute Gasteiger partial charge is 0.457 e. The highest BCUT2D eigenvalue weighted by Gasteiger charge is 2.31. The molecule has 0 radical (unpaired) electrons. The third kappa shape index (κ3) is 6.61. The first-order valence-corrected chi connectivity index (χ1v) is 12.8. The third-order valence-electron chi connectivity index (χ3n) is 7.15. The molecule has 32 heavy (non-hydrogen) atoms. The van der Waals surface area contributed by atoms with Crippen LogP contribution in [0.2, 0.25) is 0 Å². The molecule has 0 bridgehead atoms. The van der Waals surface area contributed by atoms with E-state index in [2.05, 4.69) is 84.0 Å². The average Bonchev–Trinajstić information content (AvgIpc) is 3.60. The highest BCUT2D eigenvalue weighted by molar-refractivity contribution is 5.45. The smallest absolute Gasteiger partial charge is 0.133 e. The molecule has 2 heteroatoms. The maximum atomic E-state index is 6.36. The van der Waals surface area contributed by atoms with Gasteiger partial charge in [-0.1, -0.05) is 98.3 Å². The lowest BCUT2D eigenvalue weighted by Gasteiger charge is -2.27. The number of unbranched alkanes of at least 4 members (excludes halogenated alkanes) is 4. The lowest BCUT2D eigenvalue weighted by atomic mass is 9.79. The number of ether oxygens (including phenoxy) is 2. The molecule has 0 saturated carbocycles. The Labute approximate surface area is 196 Å². The zero-order valence-corrected chi connectivity index (χ0v) is 21.3. The molecule has 2 aromatic carbocycles. The van der Waals surface area contributed by atoms with Crippen molar-refractivity contribution in [2.45, 2.75) is 110 Å². The molecule has 1 atom stereocenters. The van der Waals surface area contributed by atoms with Gasteiger partial charge in [0.25, 0.3) is 0 Å². The van der Waals surface area contributed by atoms with E-state index in [9.17, 15) is 0 Å². The Morgan fingerprint density at radius 3 is 1.84 bits per heavy atom. The molecule has 3 rings (SSSR count). The van der Waals surface area contributed by atoms with Gasteiger partial charge in [-0.3, -0.25) is 0 Å². The zero-order chi connectivity index (χ0) is 23.2. The second kappa shape index (κ2) is 10.9. The summed E-state index contributed by atoms with van der Waals surface area (Å²) in [6.07, 6.45) is 10.3. The summed E-state index contributed by atoms with van der Waals surface area (Å²) in [4.78, 5) is 0. The lowest BCUT2D eigenvalue weighted by Crippen LogP contribution is -2.17. The van der Waals surface area contributed by atoms with Gasteiger partial charge in [-0.15, -0.1) is 0 Å². The summed E-state index contributed by atoms with van der Waals surface area (Å²) >= 11 is 0. The summed E-state index contributed by atoms with van der Waals surface area (Å²) in [5.41, 5.74) is 4.33. The summed E-state index contributed by atoms with van der Waals surface area (Å²) in [6.45, 7) is 14.7. The number of epoxide rings is 1.